The molecule has 0 aromatic heterocycles. The maximum Gasteiger partial charge on any atom is 0.242 e. The molecule has 0 aliphatic heterocycles. The normalized spacial score (nSPS) is 11.9. The number of nitrogens with zero attached hydrogens (tertiary/aromatic N) is 2. The molecule has 0 heterocycles. The van der Waals surface area contributed by atoms with Crippen LogP contribution in [0.4, 0.5) is 5.69 Å². The van der Waals surface area contributed by atoms with Gasteiger partial charge in [-0.15, -0.1) is 0 Å². The second-order valence-electron chi connectivity index (χ2n) is 9.06. The molecule has 0 aliphatic rings. The molecule has 0 bridgehead atoms. The Morgan fingerprint density at radius 3 is 2.16 bits per heavy atom. The van der Waals surface area contributed by atoms with E-state index in [1.54, 1.807) is 43.2 Å². The fourth-order valence-electron chi connectivity index (χ4n) is 3.93. The summed E-state index contributed by atoms with van der Waals surface area (Å²) in [5.41, 5.74) is 1.36. The van der Waals surface area contributed by atoms with Gasteiger partial charge in [-0.2, -0.15) is 0 Å². The molecule has 0 spiro atoms. The molecule has 210 valence electrons. The monoisotopic (exact) mass is 547 g/mol. The van der Waals surface area contributed by atoms with Crippen molar-refractivity contribution < 1.29 is 27.5 Å². The maximum atomic E-state index is 13.4. The Labute approximate surface area is 227 Å². The largest absolute Gasteiger partial charge is 0.497 e. The number of nitrogens with one attached hydrogen (secondary N) is 1. The highest BCUT2D eigenvalue weighted by molar-refractivity contribution is 7.92. The van der Waals surface area contributed by atoms with Crippen LogP contribution in [-0.2, 0) is 26.2 Å². The summed E-state index contributed by atoms with van der Waals surface area (Å²) in [5, 5.41) is 2.90. The van der Waals surface area contributed by atoms with Gasteiger partial charge in [-0.3, -0.25) is 13.9 Å². The zero-order chi connectivity index (χ0) is 28.1. The summed E-state index contributed by atoms with van der Waals surface area (Å²) in [4.78, 5) is 27.7. The Morgan fingerprint density at radius 1 is 0.974 bits per heavy atom. The van der Waals surface area contributed by atoms with Gasteiger partial charge in [0, 0.05) is 26.1 Å². The number of hydrogen-bond acceptors (Lipinski definition) is 6. The van der Waals surface area contributed by atoms with Crippen LogP contribution in [0.3, 0.4) is 0 Å². The number of carbonyl (C=O) groups excluding carboxylic acids is 2. The first-order valence-corrected chi connectivity index (χ1v) is 14.9. The van der Waals surface area contributed by atoms with Gasteiger partial charge in [-0.25, -0.2) is 8.42 Å². The topological polar surface area (TPSA) is 105 Å². The van der Waals surface area contributed by atoms with Crippen molar-refractivity contribution in [1.29, 1.82) is 0 Å². The van der Waals surface area contributed by atoms with E-state index in [0.29, 0.717) is 36.8 Å². The van der Waals surface area contributed by atoms with Crippen LogP contribution < -0.4 is 19.1 Å². The van der Waals surface area contributed by atoms with Crippen LogP contribution in [0.15, 0.2) is 48.5 Å². The summed E-state index contributed by atoms with van der Waals surface area (Å²) in [6.45, 7) is 7.08. The molecular formula is C28H41N3O6S. The molecular weight excluding hydrogens is 506 g/mol. The van der Waals surface area contributed by atoms with Gasteiger partial charge in [0.25, 0.3) is 0 Å². The van der Waals surface area contributed by atoms with Crippen LogP contribution in [0.25, 0.3) is 0 Å². The summed E-state index contributed by atoms with van der Waals surface area (Å²) in [5.74, 6) is 0.916. The average Bonchev–Trinajstić information content (AvgIpc) is 2.89. The van der Waals surface area contributed by atoms with E-state index in [1.165, 1.54) is 4.31 Å². The van der Waals surface area contributed by atoms with Crippen LogP contribution >= 0.6 is 0 Å². The van der Waals surface area contributed by atoms with E-state index < -0.39 is 16.1 Å². The Balaban J connectivity index is 2.14. The maximum absolute atomic E-state index is 13.4. The number of sulfonamides is 1. The molecule has 0 fully saturated rings. The minimum Gasteiger partial charge on any atom is -0.497 e. The van der Waals surface area contributed by atoms with Crippen molar-refractivity contribution in [2.45, 2.75) is 59.0 Å². The van der Waals surface area contributed by atoms with Crippen molar-refractivity contribution in [2.75, 3.05) is 37.4 Å². The smallest absolute Gasteiger partial charge is 0.242 e. The number of carbonyl (C=O) groups is 2. The van der Waals surface area contributed by atoms with Crippen LogP contribution in [0.2, 0.25) is 0 Å². The molecule has 0 saturated heterocycles. The first-order chi connectivity index (χ1) is 18.1. The molecule has 38 heavy (non-hydrogen) atoms. The number of unbranched alkanes of at least 4 members (excludes halogenated alkanes) is 1. The van der Waals surface area contributed by atoms with E-state index in [9.17, 15) is 18.0 Å². The zero-order valence-electron chi connectivity index (χ0n) is 23.1. The Kier molecular flexibility index (Phi) is 12.4. The molecule has 1 atom stereocenters. The van der Waals surface area contributed by atoms with Gasteiger partial charge in [0.1, 0.15) is 17.5 Å². The van der Waals surface area contributed by atoms with Crippen LogP contribution in [-0.4, -0.2) is 64.2 Å². The Morgan fingerprint density at radius 2 is 1.61 bits per heavy atom. The number of anilines is 1. The van der Waals surface area contributed by atoms with Crippen LogP contribution in [0, 0.1) is 0 Å². The second kappa shape index (κ2) is 15.2. The highest BCUT2D eigenvalue weighted by Crippen LogP contribution is 2.23. The molecule has 2 amide bonds. The number of ether oxygens (including phenoxy) is 2. The molecule has 9 nitrogen and oxygen atoms in total. The lowest BCUT2D eigenvalue weighted by molar-refractivity contribution is -0.140. The van der Waals surface area contributed by atoms with Gasteiger partial charge >= 0.3 is 0 Å². The fourth-order valence-corrected chi connectivity index (χ4v) is 4.89. The molecule has 2 rings (SSSR count). The molecule has 1 N–H and O–H groups in total. The summed E-state index contributed by atoms with van der Waals surface area (Å²) in [7, 11) is -1.98. The number of hydrogen-bond donors (Lipinski definition) is 1. The lowest BCUT2D eigenvalue weighted by Gasteiger charge is -2.29. The number of amides is 2. The number of rotatable bonds is 16. The third-order valence-electron chi connectivity index (χ3n) is 6.10. The first-order valence-electron chi connectivity index (χ1n) is 13.0. The highest BCUT2D eigenvalue weighted by Gasteiger charge is 2.26. The van der Waals surface area contributed by atoms with Crippen molar-refractivity contribution in [1.82, 2.24) is 10.2 Å². The zero-order valence-corrected chi connectivity index (χ0v) is 23.9. The predicted molar refractivity (Wildman–Crippen MR) is 150 cm³/mol. The van der Waals surface area contributed by atoms with Crippen molar-refractivity contribution in [3.8, 4) is 11.5 Å². The molecule has 0 radical (unpaired) electrons. The standard InChI is InChI=1S/C28H41N3O6S/c1-6-8-19-29-28(33)22(3)30(21-23-11-15-25(36-4)16-12-23)27(32)10-9-20-31(38(5,34)35)24-13-17-26(18-14-24)37-7-2/h11-18,22H,6-10,19-21H2,1-5H3,(H,29,33)/t22-/m1/s1. The third kappa shape index (κ3) is 9.55. The van der Waals surface area contributed by atoms with Gasteiger partial charge in [-0.05, 0) is 68.7 Å². The lowest BCUT2D eigenvalue weighted by Crippen LogP contribution is -2.47. The van der Waals surface area contributed by atoms with Gasteiger partial charge in [-0.1, -0.05) is 25.5 Å². The number of benzene rings is 2. The van der Waals surface area contributed by atoms with Crippen molar-refractivity contribution in [3.05, 3.63) is 54.1 Å². The Hall–Kier alpha value is -3.27. The average molecular weight is 548 g/mol. The summed E-state index contributed by atoms with van der Waals surface area (Å²) in [6.07, 6.45) is 3.34. The minimum atomic E-state index is -3.57. The van der Waals surface area contributed by atoms with Gasteiger partial charge in [0.05, 0.1) is 25.7 Å². The Bertz CT molecular complexity index is 1120. The SMILES string of the molecule is CCCCNC(=O)[C@@H](C)N(Cc1ccc(OC)cc1)C(=O)CCCN(c1ccc(OCC)cc1)S(C)(=O)=O. The van der Waals surface area contributed by atoms with E-state index in [1.807, 2.05) is 38.1 Å². The predicted octanol–water partition coefficient (Wildman–Crippen LogP) is 3.97. The molecule has 0 unspecified atom stereocenters. The van der Waals surface area contributed by atoms with Gasteiger partial charge in [0.15, 0.2) is 0 Å². The molecule has 0 aliphatic carbocycles. The van der Waals surface area contributed by atoms with Crippen LogP contribution in [0.1, 0.15) is 52.0 Å². The summed E-state index contributed by atoms with van der Waals surface area (Å²) < 4.78 is 36.9. The minimum absolute atomic E-state index is 0.0891. The second-order valence-corrected chi connectivity index (χ2v) is 11.0. The van der Waals surface area contributed by atoms with E-state index in [2.05, 4.69) is 5.32 Å². The van der Waals surface area contributed by atoms with Gasteiger partial charge in [0.2, 0.25) is 21.8 Å². The van der Waals surface area contributed by atoms with E-state index in [0.717, 1.165) is 24.7 Å². The summed E-state index contributed by atoms with van der Waals surface area (Å²) in [6, 6.07) is 13.5. The lowest BCUT2D eigenvalue weighted by atomic mass is 10.1. The van der Waals surface area contributed by atoms with E-state index in [-0.39, 0.29) is 31.3 Å². The van der Waals surface area contributed by atoms with Gasteiger partial charge < -0.3 is 19.7 Å². The van der Waals surface area contributed by atoms with Crippen LogP contribution in [0.5, 0.6) is 11.5 Å². The van der Waals surface area contributed by atoms with E-state index in [4.69, 9.17) is 9.47 Å². The third-order valence-corrected chi connectivity index (χ3v) is 7.29. The van der Waals surface area contributed by atoms with Crippen molar-refractivity contribution in [3.63, 3.8) is 0 Å². The molecule has 10 heteroatoms. The van der Waals surface area contributed by atoms with E-state index >= 15 is 0 Å². The molecule has 0 saturated carbocycles. The summed E-state index contributed by atoms with van der Waals surface area (Å²) >= 11 is 0. The van der Waals surface area contributed by atoms with Crippen molar-refractivity contribution in [2.24, 2.45) is 0 Å². The fraction of sp³-hybridized carbons (Fsp3) is 0.500. The molecule has 2 aromatic carbocycles. The quantitative estimate of drug-likeness (QED) is 0.319. The molecule has 2 aromatic rings. The van der Waals surface area contributed by atoms with Crippen molar-refractivity contribution >= 4 is 27.5 Å². The first kappa shape index (κ1) is 31.0. The highest BCUT2D eigenvalue weighted by atomic mass is 32.2. The number of methoxy groups -OCH3 is 1.